The summed E-state index contributed by atoms with van der Waals surface area (Å²) >= 11 is 0. The topological polar surface area (TPSA) is 15.5 Å². The first-order valence-corrected chi connectivity index (χ1v) is 44.4. The summed E-state index contributed by atoms with van der Waals surface area (Å²) in [5.74, 6) is 0. The van der Waals surface area contributed by atoms with E-state index in [9.17, 15) is 0 Å². The lowest BCUT2D eigenvalue weighted by Gasteiger charge is -2.41. The van der Waals surface area contributed by atoms with E-state index in [2.05, 4.69) is 247 Å². The minimum absolute atomic E-state index is 0.417. The number of aryl methyl sites for hydroxylation is 14. The third-order valence-corrected chi connectivity index (χ3v) is 29.6. The number of aromatic nitrogens is 4. The van der Waals surface area contributed by atoms with Crippen molar-refractivity contribution in [2.75, 3.05) is 0 Å². The second kappa shape index (κ2) is 33.0. The van der Waals surface area contributed by atoms with Gasteiger partial charge in [0.25, 0.3) is 0 Å². The molecule has 0 atom stereocenters. The molecule has 12 aromatic rings. The van der Waals surface area contributed by atoms with Gasteiger partial charge in [-0.2, -0.15) is 0 Å². The van der Waals surface area contributed by atoms with Gasteiger partial charge in [-0.05, 0) is 328 Å². The van der Waals surface area contributed by atoms with Gasteiger partial charge in [-0.25, -0.2) is 18.3 Å². The van der Waals surface area contributed by atoms with Crippen LogP contribution in [0.4, 0.5) is 0 Å². The van der Waals surface area contributed by atoms with Crippen LogP contribution in [0, 0.1) is 76.9 Å². The van der Waals surface area contributed by atoms with Crippen LogP contribution >= 0.6 is 0 Å². The van der Waals surface area contributed by atoms with E-state index in [-0.39, 0.29) is 0 Å². The minimum atomic E-state index is -2.17. The standard InChI is InChI=1S/C29H34N.2C28H32N.C27H30N/c1-21-9-5-6-10-26(21)28-18-27(22(2)20-30(28)3)24-11-12-25-19-29(14-7-4-8-15-29)16-13-23(25)17-24;1-20-9-5-6-10-25(20)27-16-26(21(2)19-29(27)3)22-11-12-23-17-28(18-24(23)15-22)13-7-4-8-14-28;1-20-8-4-5-9-25(20)27-17-26(21(2)19-29(27)3)23-10-11-24-18-28(13-6-7-14-28)15-12-22(24)16-23;1-19-8-4-5-9-24(19)26-15-25(20(2)18-28(26)3)21-10-11-22-16-27(12-6-7-13-27)17-23(22)14-21/h5-6,9-12,17-18,20H,4,7-8,13-16,19H2,1-3H3;5-6,9-12,15-16,19H,4,7-8,13-14,17-18H2,1-3H3;4-5,8-11,16-17,19H,6-7,12-15,18H2,1-3H3;4-5,8-11,14-15,18H,6-7,12-13,16-17H2,1-3H3/q4*+1/i;2D3;;2D3. The van der Waals surface area contributed by atoms with Crippen LogP contribution in [0.25, 0.3) is 89.5 Å². The Morgan fingerprint density at radius 2 is 0.466 bits per heavy atom. The van der Waals surface area contributed by atoms with Gasteiger partial charge in [-0.1, -0.05) is 210 Å². The quantitative estimate of drug-likeness (QED) is 0.135. The summed E-state index contributed by atoms with van der Waals surface area (Å²) in [5, 5.41) is 0. The van der Waals surface area contributed by atoms with Crippen LogP contribution in [0.2, 0.25) is 0 Å². The fourth-order valence-electron chi connectivity index (χ4n) is 23.1. The molecule has 0 radical (unpaired) electrons. The van der Waals surface area contributed by atoms with Crippen LogP contribution in [0.15, 0.2) is 219 Å². The molecule has 8 aliphatic rings. The van der Waals surface area contributed by atoms with Crippen LogP contribution in [-0.4, -0.2) is 0 Å². The highest BCUT2D eigenvalue weighted by atomic mass is 14.9. The third-order valence-electron chi connectivity index (χ3n) is 29.6. The van der Waals surface area contributed by atoms with E-state index in [0.29, 0.717) is 32.8 Å². The van der Waals surface area contributed by atoms with Crippen molar-refractivity contribution in [2.24, 2.45) is 49.9 Å². The molecule has 4 heterocycles. The van der Waals surface area contributed by atoms with E-state index in [1.165, 1.54) is 267 Å². The van der Waals surface area contributed by atoms with Crippen molar-refractivity contribution in [2.45, 2.75) is 235 Å². The molecule has 0 bridgehead atoms. The number of rotatable bonds is 8. The van der Waals surface area contributed by atoms with E-state index < -0.39 is 13.7 Å². The highest BCUT2D eigenvalue weighted by Crippen LogP contribution is 2.53. The lowest BCUT2D eigenvalue weighted by molar-refractivity contribution is -0.660. The van der Waals surface area contributed by atoms with Gasteiger partial charge in [0, 0.05) is 77.0 Å². The van der Waals surface area contributed by atoms with Gasteiger partial charge < -0.3 is 0 Å². The van der Waals surface area contributed by atoms with Crippen LogP contribution in [0.5, 0.6) is 0 Å². The first-order chi connectivity index (χ1) is 58.6. The smallest absolute Gasteiger partial charge is 0.201 e. The minimum Gasteiger partial charge on any atom is -0.201 e. The molecule has 8 aliphatic carbocycles. The molecule has 4 heteroatoms. The monoisotopic (exact) mass is 1540 g/mol. The van der Waals surface area contributed by atoms with E-state index in [1.54, 1.807) is 34.6 Å². The Hall–Kier alpha value is -9.64. The molecule has 592 valence electrons. The Bertz CT molecular complexity index is 5930. The molecule has 116 heavy (non-hydrogen) atoms. The summed E-state index contributed by atoms with van der Waals surface area (Å²) in [6.45, 7) is 8.76. The zero-order valence-electron chi connectivity index (χ0n) is 77.4. The number of fused-ring (bicyclic) bond motifs is 4. The average molecular weight is 1540 g/mol. The van der Waals surface area contributed by atoms with Crippen molar-refractivity contribution in [3.05, 3.63) is 308 Å². The maximum Gasteiger partial charge on any atom is 0.213 e. The summed E-state index contributed by atoms with van der Waals surface area (Å²) in [5.41, 5.74) is 41.6. The maximum atomic E-state index is 8.21. The molecular weight excluding hydrogens is 1400 g/mol. The Kier molecular flexibility index (Phi) is 20.4. The molecule has 4 aromatic heterocycles. The maximum absolute atomic E-state index is 8.21. The Balaban J connectivity index is 0.000000116. The molecular formula is C112H128N4+4. The Morgan fingerprint density at radius 1 is 0.224 bits per heavy atom. The fourth-order valence-corrected chi connectivity index (χ4v) is 23.1. The summed E-state index contributed by atoms with van der Waals surface area (Å²) in [6.07, 6.45) is 45.8. The lowest BCUT2D eigenvalue weighted by atomic mass is 9.64. The van der Waals surface area contributed by atoms with Gasteiger partial charge in [0.1, 0.15) is 28.2 Å². The van der Waals surface area contributed by atoms with Gasteiger partial charge in [0.2, 0.25) is 22.8 Å². The van der Waals surface area contributed by atoms with E-state index in [4.69, 9.17) is 8.22 Å². The predicted octanol–water partition coefficient (Wildman–Crippen LogP) is 26.0. The second-order valence-electron chi connectivity index (χ2n) is 37.7. The van der Waals surface area contributed by atoms with E-state index >= 15 is 0 Å². The van der Waals surface area contributed by atoms with Gasteiger partial charge in [-0.3, -0.25) is 0 Å². The molecule has 4 saturated carbocycles. The molecule has 4 spiro atoms. The highest BCUT2D eigenvalue weighted by Gasteiger charge is 2.42. The first kappa shape index (κ1) is 71.7. The van der Waals surface area contributed by atoms with Crippen molar-refractivity contribution < 1.29 is 26.5 Å². The third kappa shape index (κ3) is 16.2. The van der Waals surface area contributed by atoms with Crippen molar-refractivity contribution in [3.63, 3.8) is 0 Å². The largest absolute Gasteiger partial charge is 0.213 e. The molecule has 4 nitrogen and oxygen atoms in total. The lowest BCUT2D eigenvalue weighted by Crippen LogP contribution is -2.31. The number of benzene rings is 8. The van der Waals surface area contributed by atoms with Crippen LogP contribution < -0.4 is 18.3 Å². The van der Waals surface area contributed by atoms with Crippen molar-refractivity contribution >= 4 is 0 Å². The second-order valence-corrected chi connectivity index (χ2v) is 37.7. The summed E-state index contributed by atoms with van der Waals surface area (Å²) in [6, 6.07) is 70.9. The number of hydrogen-bond donors (Lipinski definition) is 0. The fraction of sp³-hybridized carbons (Fsp3) is 0.393. The molecule has 4 fully saturated rings. The number of nitrogens with zero attached hydrogens (tertiary/aromatic N) is 4. The number of pyridine rings is 4. The molecule has 0 unspecified atom stereocenters. The van der Waals surface area contributed by atoms with Crippen molar-refractivity contribution in [1.29, 1.82) is 0 Å². The van der Waals surface area contributed by atoms with Gasteiger partial charge >= 0.3 is 0 Å². The van der Waals surface area contributed by atoms with Crippen LogP contribution in [-0.2, 0) is 79.6 Å². The molecule has 0 saturated heterocycles. The molecule has 0 N–H and O–H groups in total. The summed E-state index contributed by atoms with van der Waals surface area (Å²) in [7, 11) is 8.20. The molecule has 8 aromatic carbocycles. The van der Waals surface area contributed by atoms with Crippen molar-refractivity contribution in [3.8, 4) is 89.5 Å². The van der Waals surface area contributed by atoms with Gasteiger partial charge in [0.05, 0.1) is 0 Å². The average Bonchev–Trinajstić information content (AvgIpc) is 1.72. The first-order valence-electron chi connectivity index (χ1n) is 47.4. The molecule has 20 rings (SSSR count). The normalized spacial score (nSPS) is 18.5. The molecule has 0 amide bonds. The summed E-state index contributed by atoms with van der Waals surface area (Å²) in [4.78, 5) is 0. The van der Waals surface area contributed by atoms with E-state index in [0.717, 1.165) is 57.6 Å². The summed E-state index contributed by atoms with van der Waals surface area (Å²) < 4.78 is 57.6. The van der Waals surface area contributed by atoms with E-state index in [1.807, 2.05) is 47.5 Å². The Labute approximate surface area is 704 Å². The zero-order chi connectivity index (χ0) is 85.0. The van der Waals surface area contributed by atoms with Gasteiger partial charge in [-0.15, -0.1) is 0 Å². The van der Waals surface area contributed by atoms with Crippen LogP contribution in [0.3, 0.4) is 0 Å². The predicted molar refractivity (Wildman–Crippen MR) is 484 cm³/mol. The van der Waals surface area contributed by atoms with Crippen molar-refractivity contribution in [1.82, 2.24) is 0 Å². The SMILES string of the molecule is Cc1c[n+](C)c(-c2ccccc2C)cc1-c1ccc2c(c1)CCC1(CCCC1)C2.Cc1c[n+](C)c(-c2ccccc2C)cc1-c1ccc2c(c1)CCC1(CCCCC1)C2.[2H]C([2H])([2H])c1c[n+](C)c(-c2ccccc2C)cc1-c1ccc2c(c1)CC1(CCCC1)C2.[2H]C([2H])([2H])c1c[n+](C)c(-c2ccccc2C)cc1-c1ccc2c(c1)CC1(CCCCC1)C2. The Morgan fingerprint density at radius 3 is 0.767 bits per heavy atom. The van der Waals surface area contributed by atoms with Crippen LogP contribution in [0.1, 0.15) is 226 Å². The zero-order valence-corrected chi connectivity index (χ0v) is 71.4. The number of hydrogen-bond acceptors (Lipinski definition) is 0. The van der Waals surface area contributed by atoms with Gasteiger partial charge in [0.15, 0.2) is 24.8 Å². The highest BCUT2D eigenvalue weighted by molar-refractivity contribution is 5.78. The molecule has 0 aliphatic heterocycles.